The second-order valence-corrected chi connectivity index (χ2v) is 26.6. The molecule has 376 valence electrons. The van der Waals surface area contributed by atoms with E-state index in [0.29, 0.717) is 66.7 Å². The van der Waals surface area contributed by atoms with Gasteiger partial charge < -0.3 is 24.2 Å². The Kier molecular flexibility index (Phi) is 18.5. The summed E-state index contributed by atoms with van der Waals surface area (Å²) in [6, 6.07) is 32.6. The smallest absolute Gasteiger partial charge is 1.00 e. The summed E-state index contributed by atoms with van der Waals surface area (Å²) in [5.74, 6) is 4.72. The van der Waals surface area contributed by atoms with Gasteiger partial charge in [0, 0.05) is 84.5 Å². The van der Waals surface area contributed by atoms with Crippen molar-refractivity contribution in [3.63, 3.8) is 0 Å². The van der Waals surface area contributed by atoms with Crippen LogP contribution in [-0.4, -0.2) is 77.4 Å². The van der Waals surface area contributed by atoms with E-state index in [9.17, 15) is 35.2 Å². The molecule has 12 nitrogen and oxygen atoms in total. The zero-order valence-corrected chi connectivity index (χ0v) is 48.0. The first kappa shape index (κ1) is 58.5. The van der Waals surface area contributed by atoms with Gasteiger partial charge in [0.1, 0.15) is 42.4 Å². The van der Waals surface area contributed by atoms with Crippen molar-refractivity contribution in [1.29, 1.82) is 0 Å². The molecule has 0 atom stereocenters. The number of nitrogens with one attached hydrogen (secondary N) is 2. The summed E-state index contributed by atoms with van der Waals surface area (Å²) in [5, 5.41) is 6.24. The van der Waals surface area contributed by atoms with Crippen LogP contribution in [0.15, 0.2) is 130 Å². The van der Waals surface area contributed by atoms with Gasteiger partial charge in [0.2, 0.25) is 20.0 Å². The Bertz CT molecular complexity index is 3780. The van der Waals surface area contributed by atoms with E-state index in [1.807, 2.05) is 30.3 Å². The molecule has 6 aromatic carbocycles. The average Bonchev–Trinajstić information content (AvgIpc) is 3.92. The Balaban J connectivity index is 0.000000268. The van der Waals surface area contributed by atoms with Gasteiger partial charge in [0.15, 0.2) is 0 Å². The molecule has 0 fully saturated rings. The van der Waals surface area contributed by atoms with Gasteiger partial charge in [-0.25, -0.2) is 25.6 Å². The fourth-order valence-corrected chi connectivity index (χ4v) is 9.25. The van der Waals surface area contributed by atoms with Crippen LogP contribution in [0.4, 0.5) is 20.2 Å². The second-order valence-electron chi connectivity index (χ2n) is 17.8. The summed E-state index contributed by atoms with van der Waals surface area (Å²) in [6.45, 7) is 6.48. The maximum absolute atomic E-state index is 13.6. The molecule has 0 bridgehead atoms. The van der Waals surface area contributed by atoms with Crippen LogP contribution in [0, 0.1) is 35.4 Å². The van der Waals surface area contributed by atoms with Gasteiger partial charge in [-0.05, 0) is 96.1 Å². The van der Waals surface area contributed by atoms with E-state index in [1.54, 1.807) is 42.5 Å². The van der Waals surface area contributed by atoms with Crippen LogP contribution in [0.5, 0.6) is 0 Å². The van der Waals surface area contributed by atoms with Crippen LogP contribution >= 0.6 is 0 Å². The molecule has 0 unspecified atom stereocenters. The van der Waals surface area contributed by atoms with Crippen LogP contribution in [-0.2, 0) is 20.0 Å². The van der Waals surface area contributed by atoms with E-state index in [0.717, 1.165) is 27.9 Å². The monoisotopic (exact) mass is 1080 g/mol. The Morgan fingerprint density at radius 1 is 0.595 bits per heavy atom. The van der Waals surface area contributed by atoms with Gasteiger partial charge in [0.25, 0.3) is 11.8 Å². The second kappa shape index (κ2) is 23.4. The molecule has 0 aliphatic rings. The molecule has 2 amide bonds. The number of amides is 2. The molecule has 0 aliphatic heterocycles. The number of fused-ring (bicyclic) bond motifs is 2. The maximum atomic E-state index is 13.6. The largest absolute Gasteiger partial charge is 1.00 e. The van der Waals surface area contributed by atoms with Gasteiger partial charge in [-0.3, -0.25) is 18.2 Å². The van der Waals surface area contributed by atoms with Crippen molar-refractivity contribution in [3.05, 3.63) is 155 Å². The molecule has 0 saturated carbocycles. The third-order valence-electron chi connectivity index (χ3n) is 11.5. The number of hydrogen-bond acceptors (Lipinski definition) is 8. The van der Waals surface area contributed by atoms with Crippen molar-refractivity contribution in [3.8, 4) is 68.7 Å². The number of nitrogens with zero attached hydrogens (tertiary/aromatic N) is 2. The number of hydrogen-bond donors (Lipinski definition) is 2. The van der Waals surface area contributed by atoms with Crippen molar-refractivity contribution in [2.24, 2.45) is 0 Å². The van der Waals surface area contributed by atoms with Crippen LogP contribution in [0.1, 0.15) is 31.8 Å². The SMILES string of the molecule is C#Cc1cccc(-c2cc3c(C(=O)NC)c(-c4ccc(F)cc4)oc3cc2N(C)S(C)(=O)=O)c1.CNC(=O)c1c(-c2ccc(F)cc2)oc2cc(N(C)S(C)(=O)=O)c(-c3cccc(C#C[Si](C)(C)C)c3)cc12.[F-].[K+]. The van der Waals surface area contributed by atoms with Crippen molar-refractivity contribution >= 4 is 73.2 Å². The third-order valence-corrected chi connectivity index (χ3v) is 14.8. The van der Waals surface area contributed by atoms with Crippen molar-refractivity contribution < 1.29 is 100 Å². The van der Waals surface area contributed by atoms with E-state index >= 15 is 0 Å². The van der Waals surface area contributed by atoms with Crippen LogP contribution in [0.3, 0.4) is 0 Å². The first-order chi connectivity index (χ1) is 33.9. The third kappa shape index (κ3) is 12.9. The fraction of sp³-hybridized carbons (Fsp3) is 0.164. The summed E-state index contributed by atoms with van der Waals surface area (Å²) in [7, 11) is -2.94. The average molecular weight is 1080 g/mol. The van der Waals surface area contributed by atoms with Crippen LogP contribution in [0.25, 0.3) is 66.8 Å². The molecule has 2 heterocycles. The number of carbonyl (C=O) groups is 2. The number of benzene rings is 6. The van der Waals surface area contributed by atoms with Crippen molar-refractivity contribution in [2.45, 2.75) is 19.6 Å². The topological polar surface area (TPSA) is 159 Å². The Labute approximate surface area is 472 Å². The minimum absolute atomic E-state index is 0. The predicted octanol–water partition coefficient (Wildman–Crippen LogP) is 4.54. The summed E-state index contributed by atoms with van der Waals surface area (Å²) in [6.07, 6.45) is 7.79. The van der Waals surface area contributed by atoms with Crippen molar-refractivity contribution in [2.75, 3.05) is 49.3 Å². The standard InChI is InChI=1S/C29H29FN2O4SSi.C26H21FN2O4S.FH.K/c1-31-29(33)27-24-17-23(21-9-7-8-19(16-21)14-15-38(4,5)6)25(32(2)37(3,34)35)18-26(24)36-28(27)20-10-12-22(30)13-11-20;1-5-16-7-6-8-18(13-16)20-14-21-23(15-22(20)29(3)34(4,31)32)33-25(24(21)26(30)28-2)17-9-11-19(27)12-10-17;;/h7-13,16-18H,1-6H3,(H,31,33);1,6-15H,2-4H3,(H,28,30);1H;/q;;;+1/p-1. The van der Waals surface area contributed by atoms with Crippen LogP contribution < -0.4 is 75.3 Å². The first-order valence-electron chi connectivity index (χ1n) is 22.2. The summed E-state index contributed by atoms with van der Waals surface area (Å²) >= 11 is 0. The first-order valence-corrected chi connectivity index (χ1v) is 29.4. The minimum Gasteiger partial charge on any atom is -1.00 e. The number of rotatable bonds is 10. The number of halogens is 3. The molecule has 8 aromatic rings. The Hall–Kier alpha value is -6.40. The fourth-order valence-electron chi connectivity index (χ4n) is 7.72. The van der Waals surface area contributed by atoms with E-state index in [2.05, 4.69) is 47.7 Å². The van der Waals surface area contributed by atoms with E-state index in [1.165, 1.54) is 81.0 Å². The molecule has 0 radical (unpaired) electrons. The van der Waals surface area contributed by atoms with E-state index < -0.39 is 45.7 Å². The van der Waals surface area contributed by atoms with Gasteiger partial charge in [-0.1, -0.05) is 55.7 Å². The number of carbonyl (C=O) groups excluding carboxylic acids is 2. The molecular formula is C55H50F3KN4O8S2Si. The zero-order valence-electron chi connectivity index (χ0n) is 42.2. The molecule has 0 spiro atoms. The molecule has 8 rings (SSSR count). The Morgan fingerprint density at radius 3 is 1.32 bits per heavy atom. The summed E-state index contributed by atoms with van der Waals surface area (Å²) < 4.78 is 91.6. The Morgan fingerprint density at radius 2 is 0.973 bits per heavy atom. The maximum Gasteiger partial charge on any atom is 1.00 e. The molecule has 2 N–H and O–H groups in total. The number of furan rings is 2. The van der Waals surface area contributed by atoms with Gasteiger partial charge in [0.05, 0.1) is 35.0 Å². The van der Waals surface area contributed by atoms with Gasteiger partial charge >= 0.3 is 51.4 Å². The van der Waals surface area contributed by atoms with Crippen LogP contribution in [0.2, 0.25) is 19.6 Å². The number of anilines is 2. The number of sulfonamides is 2. The van der Waals surface area contributed by atoms with Gasteiger partial charge in [-0.15, -0.1) is 12.0 Å². The molecule has 19 heteroatoms. The van der Waals surface area contributed by atoms with Crippen molar-refractivity contribution in [1.82, 2.24) is 10.6 Å². The normalized spacial score (nSPS) is 11.2. The summed E-state index contributed by atoms with van der Waals surface area (Å²) in [5.41, 5.74) is 10.3. The van der Waals surface area contributed by atoms with E-state index in [-0.39, 0.29) is 84.6 Å². The molecule has 74 heavy (non-hydrogen) atoms. The van der Waals surface area contributed by atoms with E-state index in [4.69, 9.17) is 15.3 Å². The molecule has 0 aliphatic carbocycles. The zero-order chi connectivity index (χ0) is 52.4. The quantitative estimate of drug-likeness (QED) is 0.149. The number of terminal acetylenes is 1. The van der Waals surface area contributed by atoms with Gasteiger partial charge in [-0.2, -0.15) is 0 Å². The minimum atomic E-state index is -3.63. The predicted molar refractivity (Wildman–Crippen MR) is 286 cm³/mol. The molecule has 2 aromatic heterocycles. The molecule has 0 saturated heterocycles. The summed E-state index contributed by atoms with van der Waals surface area (Å²) in [4.78, 5) is 25.9. The molecular weight excluding hydrogens is 1030 g/mol.